The van der Waals surface area contributed by atoms with E-state index in [1.54, 1.807) is 34.5 Å². The van der Waals surface area contributed by atoms with Crippen molar-refractivity contribution in [1.29, 1.82) is 0 Å². The first-order valence-corrected chi connectivity index (χ1v) is 12.0. The van der Waals surface area contributed by atoms with Crippen LogP contribution in [0.15, 0.2) is 41.1 Å². The SMILES string of the molecule is CC1CCCN(C(=O)C2CCN(C(=O)c3ccccc3NC(=O)c3ccsc3)CC2)C1. The van der Waals surface area contributed by atoms with E-state index in [2.05, 4.69) is 12.2 Å². The summed E-state index contributed by atoms with van der Waals surface area (Å²) >= 11 is 1.46. The average Bonchev–Trinajstić information content (AvgIpc) is 3.34. The fourth-order valence-corrected chi connectivity index (χ4v) is 5.15. The van der Waals surface area contributed by atoms with Gasteiger partial charge in [0.05, 0.1) is 16.8 Å². The van der Waals surface area contributed by atoms with Crippen molar-refractivity contribution in [2.75, 3.05) is 31.5 Å². The number of benzene rings is 1. The van der Waals surface area contributed by atoms with Gasteiger partial charge in [0.25, 0.3) is 11.8 Å². The fraction of sp³-hybridized carbons (Fsp3) is 0.458. The molecule has 2 saturated heterocycles. The zero-order chi connectivity index (χ0) is 21.8. The molecule has 0 saturated carbocycles. The van der Waals surface area contributed by atoms with Crippen molar-refractivity contribution in [2.45, 2.75) is 32.6 Å². The van der Waals surface area contributed by atoms with Crippen LogP contribution >= 0.6 is 11.3 Å². The normalized spacial score (nSPS) is 19.8. The molecule has 1 unspecified atom stereocenters. The molecule has 3 amide bonds. The lowest BCUT2D eigenvalue weighted by Crippen LogP contribution is -2.47. The first-order valence-electron chi connectivity index (χ1n) is 11.0. The van der Waals surface area contributed by atoms with E-state index in [1.807, 2.05) is 16.3 Å². The molecular weight excluding hydrogens is 410 g/mol. The van der Waals surface area contributed by atoms with Crippen LogP contribution in [0.3, 0.4) is 0 Å². The number of nitrogens with one attached hydrogen (secondary N) is 1. The summed E-state index contributed by atoms with van der Waals surface area (Å²) in [5.41, 5.74) is 1.59. The van der Waals surface area contributed by atoms with Gasteiger partial charge in [-0.2, -0.15) is 11.3 Å². The Kier molecular flexibility index (Phi) is 6.70. The number of hydrogen-bond acceptors (Lipinski definition) is 4. The standard InChI is InChI=1S/C24H29N3O3S/c1-17-5-4-11-27(15-17)23(29)18-8-12-26(13-9-18)24(30)20-6-2-3-7-21(20)25-22(28)19-10-14-31-16-19/h2-3,6-7,10,14,16-18H,4-5,8-9,11-13,15H2,1H3,(H,25,28). The van der Waals surface area contributed by atoms with E-state index in [9.17, 15) is 14.4 Å². The molecule has 7 heteroatoms. The first kappa shape index (κ1) is 21.6. The minimum atomic E-state index is -0.221. The Hall–Kier alpha value is -2.67. The summed E-state index contributed by atoms with van der Waals surface area (Å²) < 4.78 is 0. The number of para-hydroxylation sites is 1. The number of rotatable bonds is 4. The highest BCUT2D eigenvalue weighted by Crippen LogP contribution is 2.26. The van der Waals surface area contributed by atoms with Gasteiger partial charge in [-0.25, -0.2) is 0 Å². The van der Waals surface area contributed by atoms with Gasteiger partial charge in [-0.3, -0.25) is 14.4 Å². The Labute approximate surface area is 187 Å². The van der Waals surface area contributed by atoms with E-state index in [-0.39, 0.29) is 23.6 Å². The van der Waals surface area contributed by atoms with Crippen molar-refractivity contribution >= 4 is 34.7 Å². The number of piperidine rings is 2. The summed E-state index contributed by atoms with van der Waals surface area (Å²) in [6, 6.07) is 8.88. The molecule has 0 aliphatic carbocycles. The number of thiophene rings is 1. The van der Waals surface area contributed by atoms with Gasteiger partial charge < -0.3 is 15.1 Å². The van der Waals surface area contributed by atoms with E-state index >= 15 is 0 Å². The quantitative estimate of drug-likeness (QED) is 0.779. The van der Waals surface area contributed by atoms with Crippen LogP contribution in [-0.4, -0.2) is 53.7 Å². The van der Waals surface area contributed by atoms with E-state index in [4.69, 9.17) is 0 Å². The third kappa shape index (κ3) is 4.98. The molecule has 2 aromatic rings. The molecule has 2 fully saturated rings. The highest BCUT2D eigenvalue weighted by Gasteiger charge is 2.32. The van der Waals surface area contributed by atoms with Gasteiger partial charge in [-0.15, -0.1) is 0 Å². The summed E-state index contributed by atoms with van der Waals surface area (Å²) in [5, 5.41) is 6.50. The second-order valence-electron chi connectivity index (χ2n) is 8.61. The zero-order valence-electron chi connectivity index (χ0n) is 17.9. The molecule has 31 heavy (non-hydrogen) atoms. The number of hydrogen-bond donors (Lipinski definition) is 1. The molecule has 0 bridgehead atoms. The Balaban J connectivity index is 1.38. The monoisotopic (exact) mass is 439 g/mol. The first-order chi connectivity index (χ1) is 15.0. The van der Waals surface area contributed by atoms with E-state index in [0.717, 1.165) is 19.5 Å². The van der Waals surface area contributed by atoms with Gasteiger partial charge >= 0.3 is 0 Å². The smallest absolute Gasteiger partial charge is 0.256 e. The van der Waals surface area contributed by atoms with Crippen LogP contribution in [-0.2, 0) is 4.79 Å². The van der Waals surface area contributed by atoms with Crippen molar-refractivity contribution in [2.24, 2.45) is 11.8 Å². The van der Waals surface area contributed by atoms with E-state index in [1.165, 1.54) is 17.8 Å². The van der Waals surface area contributed by atoms with Gasteiger partial charge in [0, 0.05) is 37.5 Å². The summed E-state index contributed by atoms with van der Waals surface area (Å²) in [7, 11) is 0. The highest BCUT2D eigenvalue weighted by molar-refractivity contribution is 7.08. The van der Waals surface area contributed by atoms with E-state index < -0.39 is 0 Å². The maximum absolute atomic E-state index is 13.2. The maximum Gasteiger partial charge on any atom is 0.256 e. The molecule has 1 N–H and O–H groups in total. The molecule has 1 aromatic carbocycles. The van der Waals surface area contributed by atoms with Gasteiger partial charge in [-0.05, 0) is 55.2 Å². The minimum Gasteiger partial charge on any atom is -0.342 e. The van der Waals surface area contributed by atoms with Crippen LogP contribution in [0.5, 0.6) is 0 Å². The van der Waals surface area contributed by atoms with Crippen LogP contribution in [0.1, 0.15) is 53.3 Å². The molecule has 3 heterocycles. The summed E-state index contributed by atoms with van der Waals surface area (Å²) in [6.45, 7) is 5.04. The van der Waals surface area contributed by atoms with Crippen molar-refractivity contribution in [3.05, 3.63) is 52.2 Å². The predicted molar refractivity (Wildman–Crippen MR) is 122 cm³/mol. The maximum atomic E-state index is 13.2. The third-order valence-corrected chi connectivity index (χ3v) is 6.97. The molecule has 2 aliphatic heterocycles. The molecule has 0 radical (unpaired) electrons. The van der Waals surface area contributed by atoms with Crippen LogP contribution in [0.4, 0.5) is 5.69 Å². The number of nitrogens with zero attached hydrogens (tertiary/aromatic N) is 2. The van der Waals surface area contributed by atoms with Crippen LogP contribution in [0.25, 0.3) is 0 Å². The topological polar surface area (TPSA) is 69.7 Å². The summed E-state index contributed by atoms with van der Waals surface area (Å²) in [5.74, 6) is 0.505. The molecule has 1 atom stereocenters. The molecular formula is C24H29N3O3S. The molecule has 164 valence electrons. The number of carbonyl (C=O) groups is 3. The highest BCUT2D eigenvalue weighted by atomic mass is 32.1. The molecule has 6 nitrogen and oxygen atoms in total. The molecule has 2 aliphatic rings. The van der Waals surface area contributed by atoms with Crippen molar-refractivity contribution in [3.63, 3.8) is 0 Å². The Morgan fingerprint density at radius 3 is 2.48 bits per heavy atom. The average molecular weight is 440 g/mol. The van der Waals surface area contributed by atoms with Gasteiger partial charge in [0.1, 0.15) is 0 Å². The van der Waals surface area contributed by atoms with Crippen molar-refractivity contribution in [3.8, 4) is 0 Å². The van der Waals surface area contributed by atoms with Gasteiger partial charge in [0.2, 0.25) is 5.91 Å². The van der Waals surface area contributed by atoms with Crippen LogP contribution in [0, 0.1) is 11.8 Å². The van der Waals surface area contributed by atoms with Gasteiger partial charge in [-0.1, -0.05) is 19.1 Å². The molecule has 0 spiro atoms. The second kappa shape index (κ2) is 9.64. The lowest BCUT2D eigenvalue weighted by Gasteiger charge is -2.37. The zero-order valence-corrected chi connectivity index (χ0v) is 18.7. The largest absolute Gasteiger partial charge is 0.342 e. The Bertz CT molecular complexity index is 935. The van der Waals surface area contributed by atoms with Crippen LogP contribution < -0.4 is 5.32 Å². The van der Waals surface area contributed by atoms with Crippen LogP contribution in [0.2, 0.25) is 0 Å². The number of anilines is 1. The number of likely N-dealkylation sites (tertiary alicyclic amines) is 2. The molecule has 4 rings (SSSR count). The van der Waals surface area contributed by atoms with Crippen molar-refractivity contribution in [1.82, 2.24) is 9.80 Å². The number of carbonyl (C=O) groups excluding carboxylic acids is 3. The second-order valence-corrected chi connectivity index (χ2v) is 9.39. The lowest BCUT2D eigenvalue weighted by atomic mass is 9.92. The third-order valence-electron chi connectivity index (χ3n) is 6.29. The Morgan fingerprint density at radius 1 is 1.00 bits per heavy atom. The summed E-state index contributed by atoms with van der Waals surface area (Å²) in [6.07, 6.45) is 3.66. The fourth-order valence-electron chi connectivity index (χ4n) is 4.51. The lowest BCUT2D eigenvalue weighted by molar-refractivity contribution is -0.138. The van der Waals surface area contributed by atoms with E-state index in [0.29, 0.717) is 48.7 Å². The van der Waals surface area contributed by atoms with Gasteiger partial charge in [0.15, 0.2) is 0 Å². The summed E-state index contributed by atoms with van der Waals surface area (Å²) in [4.78, 5) is 42.4. The predicted octanol–water partition coefficient (Wildman–Crippen LogP) is 4.11. The van der Waals surface area contributed by atoms with Crippen molar-refractivity contribution < 1.29 is 14.4 Å². The Morgan fingerprint density at radius 2 is 1.77 bits per heavy atom. The molecule has 1 aromatic heterocycles. The minimum absolute atomic E-state index is 0.00267. The number of amides is 3.